The number of para-hydroxylation sites is 1. The predicted octanol–water partition coefficient (Wildman–Crippen LogP) is 2.52. The number of alkyl halides is 2. The van der Waals surface area contributed by atoms with Crippen molar-refractivity contribution in [2.75, 3.05) is 6.61 Å². The van der Waals surface area contributed by atoms with Crippen LogP contribution in [0.4, 0.5) is 8.78 Å². The summed E-state index contributed by atoms with van der Waals surface area (Å²) in [6.45, 7) is 2.98. The molecule has 0 spiro atoms. The molecule has 2 N–H and O–H groups in total. The molecule has 1 aromatic carbocycles. The highest BCUT2D eigenvalue weighted by atomic mass is 19.3. The number of amides is 1. The van der Waals surface area contributed by atoms with Crippen molar-refractivity contribution in [2.45, 2.75) is 57.8 Å². The third kappa shape index (κ3) is 6.20. The van der Waals surface area contributed by atoms with Crippen LogP contribution in [0.2, 0.25) is 0 Å². The van der Waals surface area contributed by atoms with Crippen molar-refractivity contribution in [3.8, 4) is 5.75 Å². The lowest BCUT2D eigenvalue weighted by Gasteiger charge is -2.29. The molecule has 0 fully saturated rings. The van der Waals surface area contributed by atoms with E-state index < -0.39 is 37.3 Å². The van der Waals surface area contributed by atoms with Crippen molar-refractivity contribution in [1.82, 2.24) is 5.32 Å². The van der Waals surface area contributed by atoms with Crippen molar-refractivity contribution in [3.05, 3.63) is 29.3 Å². The first-order valence-electron chi connectivity index (χ1n) is 9.02. The Morgan fingerprint density at radius 1 is 1.41 bits per heavy atom. The lowest BCUT2D eigenvalue weighted by Crippen LogP contribution is -2.53. The molecule has 0 saturated carbocycles. The van der Waals surface area contributed by atoms with Gasteiger partial charge in [0.1, 0.15) is 11.3 Å². The van der Waals surface area contributed by atoms with Gasteiger partial charge < -0.3 is 19.7 Å². The summed E-state index contributed by atoms with van der Waals surface area (Å²) in [5.41, 5.74) is 0.768. The normalized spacial score (nSPS) is 16.3. The van der Waals surface area contributed by atoms with Crippen LogP contribution in [0.25, 0.3) is 0 Å². The van der Waals surface area contributed by atoms with Crippen molar-refractivity contribution in [3.63, 3.8) is 0 Å². The van der Waals surface area contributed by atoms with E-state index in [1.165, 1.54) is 6.07 Å². The van der Waals surface area contributed by atoms with Crippen LogP contribution in [0, 0.1) is 0 Å². The van der Waals surface area contributed by atoms with Crippen LogP contribution in [-0.4, -0.2) is 42.5 Å². The van der Waals surface area contributed by atoms with E-state index >= 15 is 0 Å². The quantitative estimate of drug-likeness (QED) is 0.410. The number of nitrogens with one attached hydrogen (secondary N) is 1. The molecular weight excluding hydrogens is 359 g/mol. The van der Waals surface area contributed by atoms with Gasteiger partial charge in [-0.05, 0) is 31.4 Å². The standard InChI is InChI=1S/C18H24BF2NO5/c1-3-4-5-9-26-17(24)13-8-6-7-12-10-14(19(25)27-16(12)13)22-15(23)11-18(2,20)21/h6-8,14,25H,3-5,9-11H2,1-2H3,(H,22,23)/t14-/m0/s1. The second-order valence-corrected chi connectivity index (χ2v) is 6.77. The van der Waals surface area contributed by atoms with Crippen LogP contribution in [0.15, 0.2) is 18.2 Å². The predicted molar refractivity (Wildman–Crippen MR) is 95.7 cm³/mol. The summed E-state index contributed by atoms with van der Waals surface area (Å²) in [6.07, 6.45) is 1.89. The van der Waals surface area contributed by atoms with Gasteiger partial charge in [-0.1, -0.05) is 31.9 Å². The van der Waals surface area contributed by atoms with E-state index in [1.807, 2.05) is 6.92 Å². The first-order chi connectivity index (χ1) is 12.7. The van der Waals surface area contributed by atoms with Gasteiger partial charge in [0.15, 0.2) is 0 Å². The van der Waals surface area contributed by atoms with E-state index in [9.17, 15) is 23.4 Å². The first kappa shape index (κ1) is 21.1. The van der Waals surface area contributed by atoms with Gasteiger partial charge in [0.25, 0.3) is 5.92 Å². The van der Waals surface area contributed by atoms with E-state index in [-0.39, 0.29) is 17.7 Å². The smallest absolute Gasteiger partial charge is 0.534 e. The van der Waals surface area contributed by atoms with Gasteiger partial charge in [-0.3, -0.25) is 4.79 Å². The number of carbonyl (C=O) groups excluding carboxylic acids is 2. The highest BCUT2D eigenvalue weighted by Gasteiger charge is 2.39. The molecule has 1 amide bonds. The fourth-order valence-corrected chi connectivity index (χ4v) is 2.84. The van der Waals surface area contributed by atoms with Gasteiger partial charge in [-0.25, -0.2) is 13.6 Å². The maximum atomic E-state index is 12.9. The molecule has 1 aliphatic rings. The molecular formula is C18H24BF2NO5. The molecule has 6 nitrogen and oxygen atoms in total. The number of hydrogen-bond donors (Lipinski definition) is 2. The van der Waals surface area contributed by atoms with Gasteiger partial charge >= 0.3 is 13.1 Å². The monoisotopic (exact) mass is 383 g/mol. The molecule has 27 heavy (non-hydrogen) atoms. The summed E-state index contributed by atoms with van der Waals surface area (Å²) in [7, 11) is -1.46. The van der Waals surface area contributed by atoms with Gasteiger partial charge in [0, 0.05) is 0 Å². The molecule has 0 aliphatic carbocycles. The minimum Gasteiger partial charge on any atom is -0.534 e. The molecule has 9 heteroatoms. The lowest BCUT2D eigenvalue weighted by molar-refractivity contribution is -0.127. The Bertz CT molecular complexity index is 680. The van der Waals surface area contributed by atoms with Crippen molar-refractivity contribution >= 4 is 19.0 Å². The third-order valence-electron chi connectivity index (χ3n) is 4.14. The molecule has 0 unspecified atom stereocenters. The summed E-state index contributed by atoms with van der Waals surface area (Å²) in [4.78, 5) is 24.0. The zero-order valence-corrected chi connectivity index (χ0v) is 15.5. The average Bonchev–Trinajstić information content (AvgIpc) is 2.57. The van der Waals surface area contributed by atoms with Gasteiger partial charge in [0.2, 0.25) is 5.91 Å². The Labute approximate surface area is 157 Å². The molecule has 1 atom stereocenters. The zero-order valence-electron chi connectivity index (χ0n) is 15.5. The number of esters is 1. The number of halogens is 2. The highest BCUT2D eigenvalue weighted by molar-refractivity contribution is 6.47. The lowest BCUT2D eigenvalue weighted by atomic mass is 9.72. The second-order valence-electron chi connectivity index (χ2n) is 6.77. The number of rotatable bonds is 8. The second kappa shape index (κ2) is 9.17. The van der Waals surface area contributed by atoms with Crippen molar-refractivity contribution < 1.29 is 32.8 Å². The summed E-state index contributed by atoms with van der Waals surface area (Å²) in [5, 5.41) is 12.5. The summed E-state index contributed by atoms with van der Waals surface area (Å²) in [5.74, 6) is -5.27. The SMILES string of the molecule is CCCCCOC(=O)c1cccc2c1OB(O)[C@@H](NC(=O)CC(C)(F)F)C2. The number of unbranched alkanes of at least 4 members (excludes halogenated alkanes) is 2. The van der Waals surface area contributed by atoms with Gasteiger partial charge in [-0.15, -0.1) is 0 Å². The Morgan fingerprint density at radius 3 is 2.81 bits per heavy atom. The molecule has 148 valence electrons. The van der Waals surface area contributed by atoms with E-state index in [1.54, 1.807) is 12.1 Å². The van der Waals surface area contributed by atoms with Gasteiger partial charge in [-0.2, -0.15) is 0 Å². The Kier molecular flexibility index (Phi) is 7.18. The third-order valence-corrected chi connectivity index (χ3v) is 4.14. The van der Waals surface area contributed by atoms with Gasteiger partial charge in [0.05, 0.1) is 19.0 Å². The van der Waals surface area contributed by atoms with Crippen LogP contribution in [0.3, 0.4) is 0 Å². The molecule has 0 aromatic heterocycles. The van der Waals surface area contributed by atoms with E-state index in [0.29, 0.717) is 19.1 Å². The number of benzene rings is 1. The summed E-state index contributed by atoms with van der Waals surface area (Å²) in [6, 6.07) is 4.86. The molecule has 1 heterocycles. The molecule has 2 rings (SSSR count). The average molecular weight is 383 g/mol. The molecule has 1 aliphatic heterocycles. The Morgan fingerprint density at radius 2 is 2.15 bits per heavy atom. The molecule has 0 saturated heterocycles. The maximum absolute atomic E-state index is 12.9. The van der Waals surface area contributed by atoms with E-state index in [0.717, 1.165) is 19.3 Å². The highest BCUT2D eigenvalue weighted by Crippen LogP contribution is 2.31. The van der Waals surface area contributed by atoms with E-state index in [4.69, 9.17) is 9.39 Å². The zero-order chi connectivity index (χ0) is 20.0. The minimum absolute atomic E-state index is 0.147. The number of hydrogen-bond acceptors (Lipinski definition) is 5. The topological polar surface area (TPSA) is 84.9 Å². The van der Waals surface area contributed by atoms with Crippen molar-refractivity contribution in [1.29, 1.82) is 0 Å². The van der Waals surface area contributed by atoms with Crippen LogP contribution >= 0.6 is 0 Å². The van der Waals surface area contributed by atoms with Crippen LogP contribution in [0.1, 0.15) is 55.5 Å². The van der Waals surface area contributed by atoms with Crippen LogP contribution in [-0.2, 0) is 16.0 Å². The van der Waals surface area contributed by atoms with Crippen LogP contribution in [0.5, 0.6) is 5.75 Å². The number of fused-ring (bicyclic) bond motifs is 1. The van der Waals surface area contributed by atoms with E-state index in [2.05, 4.69) is 5.32 Å². The fraction of sp³-hybridized carbons (Fsp3) is 0.556. The molecule has 0 bridgehead atoms. The number of ether oxygens (including phenoxy) is 1. The summed E-state index contributed by atoms with van der Waals surface area (Å²) >= 11 is 0. The first-order valence-corrected chi connectivity index (χ1v) is 9.02. The summed E-state index contributed by atoms with van der Waals surface area (Å²) < 4.78 is 36.5. The maximum Gasteiger partial charge on any atom is 0.547 e. The van der Waals surface area contributed by atoms with Crippen molar-refractivity contribution in [2.24, 2.45) is 0 Å². The van der Waals surface area contributed by atoms with Crippen LogP contribution < -0.4 is 9.97 Å². The molecule has 0 radical (unpaired) electrons. The largest absolute Gasteiger partial charge is 0.547 e. The molecule has 1 aromatic rings. The minimum atomic E-state index is -3.14. The Balaban J connectivity index is 2.05. The number of carbonyl (C=O) groups is 2. The fourth-order valence-electron chi connectivity index (χ4n) is 2.84. The Hall–Kier alpha value is -2.16.